The summed E-state index contributed by atoms with van der Waals surface area (Å²) in [4.78, 5) is 0. The molecule has 0 spiro atoms. The van der Waals surface area contributed by atoms with Gasteiger partial charge in [0.2, 0.25) is 0 Å². The van der Waals surface area contributed by atoms with Gasteiger partial charge >= 0.3 is 0 Å². The molecule has 1 heteroatoms. The van der Waals surface area contributed by atoms with Gasteiger partial charge in [0, 0.05) is 6.04 Å². The second-order valence-corrected chi connectivity index (χ2v) is 7.93. The summed E-state index contributed by atoms with van der Waals surface area (Å²) in [5.41, 5.74) is 11.8. The van der Waals surface area contributed by atoms with E-state index in [4.69, 9.17) is 5.73 Å². The zero-order valence-electron chi connectivity index (χ0n) is 13.8. The largest absolute Gasteiger partial charge is 0.327 e. The van der Waals surface area contributed by atoms with Gasteiger partial charge in [0.15, 0.2) is 0 Å². The van der Waals surface area contributed by atoms with Crippen molar-refractivity contribution in [3.63, 3.8) is 0 Å². The van der Waals surface area contributed by atoms with E-state index in [0.29, 0.717) is 11.5 Å². The lowest BCUT2D eigenvalue weighted by atomic mass is 9.71. The minimum atomic E-state index is 0.335. The van der Waals surface area contributed by atoms with Gasteiger partial charge < -0.3 is 5.73 Å². The number of hydrogen-bond donors (Lipinski definition) is 1. The molecule has 1 unspecified atom stereocenters. The van der Waals surface area contributed by atoms with Gasteiger partial charge in [-0.15, -0.1) is 0 Å². The SMILES string of the molecule is CC(C)CC1(C(N)Cc2ccc3c(c2)CCC3)CCCC1. The van der Waals surface area contributed by atoms with Crippen molar-refractivity contribution in [2.24, 2.45) is 17.1 Å². The Bertz CT molecular complexity index is 483. The van der Waals surface area contributed by atoms with Gasteiger partial charge in [-0.05, 0) is 73.0 Å². The topological polar surface area (TPSA) is 26.0 Å². The summed E-state index contributed by atoms with van der Waals surface area (Å²) in [5, 5.41) is 0. The highest BCUT2D eigenvalue weighted by Gasteiger charge is 2.39. The maximum atomic E-state index is 6.74. The molecule has 1 saturated carbocycles. The van der Waals surface area contributed by atoms with Crippen LogP contribution in [0.4, 0.5) is 0 Å². The van der Waals surface area contributed by atoms with Gasteiger partial charge in [-0.1, -0.05) is 44.9 Å². The molecular formula is C20H31N. The first-order chi connectivity index (χ1) is 10.1. The van der Waals surface area contributed by atoms with Crippen molar-refractivity contribution in [2.45, 2.75) is 77.7 Å². The lowest BCUT2D eigenvalue weighted by molar-refractivity contribution is 0.181. The maximum absolute atomic E-state index is 6.74. The van der Waals surface area contributed by atoms with Gasteiger partial charge in [0.05, 0.1) is 0 Å². The molecule has 2 N–H and O–H groups in total. The Balaban J connectivity index is 1.73. The Hall–Kier alpha value is -0.820. The number of hydrogen-bond acceptors (Lipinski definition) is 1. The van der Waals surface area contributed by atoms with Crippen LogP contribution < -0.4 is 5.73 Å². The zero-order chi connectivity index (χ0) is 14.9. The summed E-state index contributed by atoms with van der Waals surface area (Å²) < 4.78 is 0. The van der Waals surface area contributed by atoms with Gasteiger partial charge in [-0.2, -0.15) is 0 Å². The van der Waals surface area contributed by atoms with E-state index < -0.39 is 0 Å². The van der Waals surface area contributed by atoms with E-state index in [-0.39, 0.29) is 0 Å². The molecule has 1 aromatic carbocycles. The highest BCUT2D eigenvalue weighted by atomic mass is 14.7. The normalized spacial score (nSPS) is 21.7. The highest BCUT2D eigenvalue weighted by molar-refractivity contribution is 5.35. The van der Waals surface area contributed by atoms with Crippen LogP contribution in [0.15, 0.2) is 18.2 Å². The lowest BCUT2D eigenvalue weighted by Crippen LogP contribution is -2.42. The second kappa shape index (κ2) is 6.12. The van der Waals surface area contributed by atoms with Gasteiger partial charge in [-0.25, -0.2) is 0 Å². The maximum Gasteiger partial charge on any atom is 0.0136 e. The van der Waals surface area contributed by atoms with E-state index in [1.165, 1.54) is 56.9 Å². The monoisotopic (exact) mass is 285 g/mol. The van der Waals surface area contributed by atoms with E-state index in [9.17, 15) is 0 Å². The van der Waals surface area contributed by atoms with Crippen LogP contribution >= 0.6 is 0 Å². The molecule has 0 bridgehead atoms. The highest BCUT2D eigenvalue weighted by Crippen LogP contribution is 2.46. The fourth-order valence-corrected chi connectivity index (χ4v) is 4.84. The number of rotatable bonds is 5. The van der Waals surface area contributed by atoms with Crippen LogP contribution in [0.25, 0.3) is 0 Å². The molecular weight excluding hydrogens is 254 g/mol. The first-order valence-corrected chi connectivity index (χ1v) is 8.95. The van der Waals surface area contributed by atoms with Crippen molar-refractivity contribution in [3.8, 4) is 0 Å². The standard InChI is InChI=1S/C20H31N/c1-15(2)14-20(10-3-4-11-20)19(21)13-16-8-9-17-6-5-7-18(17)12-16/h8-9,12,15,19H,3-7,10-11,13-14,21H2,1-2H3. The number of nitrogens with two attached hydrogens (primary N) is 1. The summed E-state index contributed by atoms with van der Waals surface area (Å²) >= 11 is 0. The van der Waals surface area contributed by atoms with E-state index in [0.717, 1.165) is 12.3 Å². The molecule has 0 amide bonds. The summed E-state index contributed by atoms with van der Waals surface area (Å²) in [7, 11) is 0. The predicted molar refractivity (Wildman–Crippen MR) is 90.5 cm³/mol. The smallest absolute Gasteiger partial charge is 0.0136 e. The van der Waals surface area contributed by atoms with Crippen LogP contribution in [0.5, 0.6) is 0 Å². The number of aryl methyl sites for hydroxylation is 2. The van der Waals surface area contributed by atoms with Gasteiger partial charge in [-0.3, -0.25) is 0 Å². The molecule has 0 saturated heterocycles. The Kier molecular flexibility index (Phi) is 4.40. The van der Waals surface area contributed by atoms with E-state index in [1.807, 2.05) is 0 Å². The molecule has 1 nitrogen and oxygen atoms in total. The second-order valence-electron chi connectivity index (χ2n) is 7.93. The van der Waals surface area contributed by atoms with E-state index in [2.05, 4.69) is 32.0 Å². The average molecular weight is 285 g/mol. The van der Waals surface area contributed by atoms with Crippen molar-refractivity contribution in [2.75, 3.05) is 0 Å². The van der Waals surface area contributed by atoms with Crippen LogP contribution in [0.1, 0.15) is 69.1 Å². The van der Waals surface area contributed by atoms with Crippen molar-refractivity contribution < 1.29 is 0 Å². The molecule has 1 fully saturated rings. The fraction of sp³-hybridized carbons (Fsp3) is 0.700. The molecule has 0 radical (unpaired) electrons. The average Bonchev–Trinajstić information content (AvgIpc) is 3.06. The van der Waals surface area contributed by atoms with Crippen molar-refractivity contribution >= 4 is 0 Å². The molecule has 1 atom stereocenters. The Labute approximate surface area is 130 Å². The molecule has 2 aliphatic rings. The van der Waals surface area contributed by atoms with Crippen LogP contribution in [-0.4, -0.2) is 6.04 Å². The Morgan fingerprint density at radius 2 is 1.76 bits per heavy atom. The number of fused-ring (bicyclic) bond motifs is 1. The third kappa shape index (κ3) is 3.18. The van der Waals surface area contributed by atoms with Crippen LogP contribution in [0.3, 0.4) is 0 Å². The Morgan fingerprint density at radius 3 is 2.48 bits per heavy atom. The minimum absolute atomic E-state index is 0.335. The minimum Gasteiger partial charge on any atom is -0.327 e. The molecule has 2 aliphatic carbocycles. The number of benzene rings is 1. The van der Waals surface area contributed by atoms with Crippen LogP contribution in [0, 0.1) is 11.3 Å². The first kappa shape index (κ1) is 15.1. The quantitative estimate of drug-likeness (QED) is 0.837. The molecule has 3 rings (SSSR count). The van der Waals surface area contributed by atoms with Gasteiger partial charge in [0.1, 0.15) is 0 Å². The summed E-state index contributed by atoms with van der Waals surface area (Å²) in [6.07, 6.45) is 11.7. The first-order valence-electron chi connectivity index (χ1n) is 8.95. The molecule has 0 aromatic heterocycles. The summed E-state index contributed by atoms with van der Waals surface area (Å²) in [6, 6.07) is 7.47. The molecule has 0 aliphatic heterocycles. The zero-order valence-corrected chi connectivity index (χ0v) is 13.8. The Morgan fingerprint density at radius 1 is 1.05 bits per heavy atom. The van der Waals surface area contributed by atoms with Gasteiger partial charge in [0.25, 0.3) is 0 Å². The van der Waals surface area contributed by atoms with Crippen molar-refractivity contribution in [1.82, 2.24) is 0 Å². The molecule has 21 heavy (non-hydrogen) atoms. The molecule has 1 aromatic rings. The summed E-state index contributed by atoms with van der Waals surface area (Å²) in [5.74, 6) is 0.758. The van der Waals surface area contributed by atoms with Crippen molar-refractivity contribution in [3.05, 3.63) is 34.9 Å². The van der Waals surface area contributed by atoms with Crippen molar-refractivity contribution in [1.29, 1.82) is 0 Å². The van der Waals surface area contributed by atoms with E-state index in [1.54, 1.807) is 11.1 Å². The lowest BCUT2D eigenvalue weighted by Gasteiger charge is -2.37. The third-order valence-electron chi connectivity index (χ3n) is 5.82. The third-order valence-corrected chi connectivity index (χ3v) is 5.82. The molecule has 116 valence electrons. The van der Waals surface area contributed by atoms with Crippen LogP contribution in [0.2, 0.25) is 0 Å². The predicted octanol–water partition coefficient (Wildman–Crippen LogP) is 4.65. The fourth-order valence-electron chi connectivity index (χ4n) is 4.84. The summed E-state index contributed by atoms with van der Waals surface area (Å²) in [6.45, 7) is 4.70. The van der Waals surface area contributed by atoms with Crippen LogP contribution in [-0.2, 0) is 19.3 Å². The van der Waals surface area contributed by atoms with E-state index >= 15 is 0 Å². The molecule has 0 heterocycles.